The molecule has 1 amide bonds. The summed E-state index contributed by atoms with van der Waals surface area (Å²) in [6, 6.07) is 5.94. The highest BCUT2D eigenvalue weighted by Gasteiger charge is 2.32. The van der Waals surface area contributed by atoms with E-state index in [-0.39, 0.29) is 23.4 Å². The van der Waals surface area contributed by atoms with Gasteiger partial charge in [0.25, 0.3) is 5.56 Å². The molecule has 0 saturated heterocycles. The summed E-state index contributed by atoms with van der Waals surface area (Å²) < 4.78 is 25.5. The third-order valence-electron chi connectivity index (χ3n) is 6.98. The van der Waals surface area contributed by atoms with Crippen molar-refractivity contribution >= 4 is 32.5 Å². The molecule has 0 spiro atoms. The number of carboxylic acid groups (broad SMARTS) is 1. The van der Waals surface area contributed by atoms with Gasteiger partial charge in [-0.05, 0) is 48.9 Å². The fraction of sp³-hybridized carbons (Fsp3) is 0.417. The van der Waals surface area contributed by atoms with E-state index in [1.54, 1.807) is 11.6 Å². The second-order valence-corrected chi connectivity index (χ2v) is 11.7. The second-order valence-electron chi connectivity index (χ2n) is 9.53. The maximum absolute atomic E-state index is 12.8. The number of benzene rings is 1. The quantitative estimate of drug-likeness (QED) is 0.523. The highest BCUT2D eigenvalue weighted by molar-refractivity contribution is 7.89. The van der Waals surface area contributed by atoms with Crippen molar-refractivity contribution in [2.45, 2.75) is 50.1 Å². The molecule has 0 radical (unpaired) electrons. The van der Waals surface area contributed by atoms with Crippen LogP contribution in [0.4, 0.5) is 10.5 Å². The Morgan fingerprint density at radius 1 is 1.21 bits per heavy atom. The summed E-state index contributed by atoms with van der Waals surface area (Å²) in [5, 5.41) is 12.5. The molecule has 34 heavy (non-hydrogen) atoms. The smallest absolute Gasteiger partial charge is 0.404 e. The number of aromatic nitrogens is 2. The van der Waals surface area contributed by atoms with Crippen molar-refractivity contribution in [3.8, 4) is 11.1 Å². The fourth-order valence-electron chi connectivity index (χ4n) is 5.51. The third kappa shape index (κ3) is 4.06. The summed E-state index contributed by atoms with van der Waals surface area (Å²) in [6.07, 6.45) is 7.14. The molecule has 0 atom stereocenters. The van der Waals surface area contributed by atoms with Crippen molar-refractivity contribution in [1.29, 1.82) is 0 Å². The second kappa shape index (κ2) is 8.19. The van der Waals surface area contributed by atoms with Gasteiger partial charge in [0.15, 0.2) is 9.84 Å². The summed E-state index contributed by atoms with van der Waals surface area (Å²) in [7, 11) is -1.49. The maximum atomic E-state index is 12.8. The van der Waals surface area contributed by atoms with Gasteiger partial charge in [-0.25, -0.2) is 13.2 Å². The summed E-state index contributed by atoms with van der Waals surface area (Å²) in [6.45, 7) is 0.611. The van der Waals surface area contributed by atoms with Gasteiger partial charge in [0, 0.05) is 66.5 Å². The van der Waals surface area contributed by atoms with E-state index in [1.807, 2.05) is 30.6 Å². The summed E-state index contributed by atoms with van der Waals surface area (Å²) >= 11 is 0. The lowest BCUT2D eigenvalue weighted by molar-refractivity contribution is 0.184. The molecule has 1 aromatic carbocycles. The number of rotatable bonds is 4. The molecule has 3 N–H and O–H groups in total. The van der Waals surface area contributed by atoms with Crippen LogP contribution in [0.15, 0.2) is 35.4 Å². The zero-order valence-corrected chi connectivity index (χ0v) is 20.0. The number of aromatic amines is 1. The SMILES string of the molecule is Cn1cc2c3c(c[nH]c3c1=O)CN(C1CCC(NC(=O)O)CC1)c1ccc(CS(C)(=O)=O)cc1-2. The first kappa shape index (κ1) is 22.5. The molecule has 10 heteroatoms. The van der Waals surface area contributed by atoms with Crippen molar-refractivity contribution in [2.24, 2.45) is 7.05 Å². The standard InChI is InChI=1S/C24H28N4O5S/c1-27-12-19-18-9-14(13-34(2,32)33)3-8-20(18)28(11-15-10-25-22(21(15)19)23(27)29)17-6-4-16(5-7-17)26-24(30)31/h3,8-10,12,16-17,25-26H,4-7,11,13H2,1-2H3,(H,30,31). The Morgan fingerprint density at radius 3 is 2.62 bits per heavy atom. The minimum Gasteiger partial charge on any atom is -0.465 e. The lowest BCUT2D eigenvalue weighted by Crippen LogP contribution is -2.43. The zero-order chi connectivity index (χ0) is 24.2. The molecule has 1 saturated carbocycles. The Kier molecular flexibility index (Phi) is 5.43. The minimum absolute atomic E-state index is 0.0458. The lowest BCUT2D eigenvalue weighted by Gasteiger charge is -2.38. The number of hydrogen-bond acceptors (Lipinski definition) is 5. The monoisotopic (exact) mass is 484 g/mol. The number of anilines is 1. The predicted molar refractivity (Wildman–Crippen MR) is 131 cm³/mol. The van der Waals surface area contributed by atoms with Crippen molar-refractivity contribution in [2.75, 3.05) is 11.2 Å². The predicted octanol–water partition coefficient (Wildman–Crippen LogP) is 2.98. The lowest BCUT2D eigenvalue weighted by atomic mass is 9.89. The van der Waals surface area contributed by atoms with Gasteiger partial charge < -0.3 is 24.9 Å². The van der Waals surface area contributed by atoms with Gasteiger partial charge >= 0.3 is 6.09 Å². The molecule has 1 aliphatic heterocycles. The molecule has 1 aliphatic carbocycles. The van der Waals surface area contributed by atoms with E-state index in [4.69, 9.17) is 5.11 Å². The molecule has 180 valence electrons. The number of carbonyl (C=O) groups is 1. The number of fused-ring (bicyclic) bond motifs is 2. The van der Waals surface area contributed by atoms with Crippen LogP contribution in [0.2, 0.25) is 0 Å². The topological polar surface area (TPSA) is 124 Å². The number of nitrogens with zero attached hydrogens (tertiary/aromatic N) is 2. The largest absolute Gasteiger partial charge is 0.465 e. The molecule has 1 fully saturated rings. The van der Waals surface area contributed by atoms with Crippen LogP contribution in [0.5, 0.6) is 0 Å². The molecule has 5 rings (SSSR count). The van der Waals surface area contributed by atoms with Gasteiger partial charge in [0.2, 0.25) is 0 Å². The third-order valence-corrected chi connectivity index (χ3v) is 7.84. The molecule has 0 bridgehead atoms. The van der Waals surface area contributed by atoms with Gasteiger partial charge in [-0.15, -0.1) is 0 Å². The normalized spacial score (nSPS) is 20.1. The first-order valence-electron chi connectivity index (χ1n) is 11.4. The number of aryl methyl sites for hydroxylation is 1. The van der Waals surface area contributed by atoms with Crippen LogP contribution in [0.1, 0.15) is 36.8 Å². The van der Waals surface area contributed by atoms with E-state index in [0.717, 1.165) is 53.4 Å². The average molecular weight is 485 g/mol. The van der Waals surface area contributed by atoms with Crippen molar-refractivity contribution < 1.29 is 18.3 Å². The number of H-pyrrole nitrogens is 1. The molecule has 2 aliphatic rings. The molecular weight excluding hydrogens is 456 g/mol. The van der Waals surface area contributed by atoms with E-state index in [9.17, 15) is 18.0 Å². The van der Waals surface area contributed by atoms with Crippen LogP contribution < -0.4 is 15.8 Å². The van der Waals surface area contributed by atoms with E-state index < -0.39 is 15.9 Å². The van der Waals surface area contributed by atoms with Crippen LogP contribution in [0, 0.1) is 0 Å². The number of hydrogen-bond donors (Lipinski definition) is 3. The molecule has 9 nitrogen and oxygen atoms in total. The van der Waals surface area contributed by atoms with Crippen LogP contribution >= 0.6 is 0 Å². The van der Waals surface area contributed by atoms with Crippen molar-refractivity contribution in [3.63, 3.8) is 0 Å². The number of nitrogens with one attached hydrogen (secondary N) is 2. The van der Waals surface area contributed by atoms with Gasteiger partial charge in [-0.1, -0.05) is 6.07 Å². The Morgan fingerprint density at radius 2 is 1.94 bits per heavy atom. The molecule has 0 unspecified atom stereocenters. The summed E-state index contributed by atoms with van der Waals surface area (Å²) in [4.78, 5) is 29.4. The fourth-order valence-corrected chi connectivity index (χ4v) is 6.29. The van der Waals surface area contributed by atoms with Crippen molar-refractivity contribution in [3.05, 3.63) is 52.1 Å². The van der Waals surface area contributed by atoms with Crippen LogP contribution in [0.3, 0.4) is 0 Å². The minimum atomic E-state index is -3.21. The Labute approximate surface area is 197 Å². The van der Waals surface area contributed by atoms with Crippen LogP contribution in [-0.4, -0.2) is 47.5 Å². The van der Waals surface area contributed by atoms with E-state index in [2.05, 4.69) is 15.2 Å². The summed E-state index contributed by atoms with van der Waals surface area (Å²) in [5.74, 6) is -0.0544. The Balaban J connectivity index is 1.63. The first-order valence-corrected chi connectivity index (χ1v) is 13.4. The Hall–Kier alpha value is -3.27. The van der Waals surface area contributed by atoms with Gasteiger partial charge in [0.1, 0.15) is 5.52 Å². The molecule has 3 aromatic rings. The number of sulfone groups is 1. The van der Waals surface area contributed by atoms with Crippen LogP contribution in [0.25, 0.3) is 22.0 Å². The van der Waals surface area contributed by atoms with Gasteiger partial charge in [-0.3, -0.25) is 4.79 Å². The highest BCUT2D eigenvalue weighted by atomic mass is 32.2. The van der Waals surface area contributed by atoms with E-state index in [0.29, 0.717) is 17.6 Å². The summed E-state index contributed by atoms with van der Waals surface area (Å²) in [5.41, 5.74) is 4.99. The van der Waals surface area contributed by atoms with E-state index in [1.165, 1.54) is 6.26 Å². The molecule has 3 heterocycles. The van der Waals surface area contributed by atoms with Crippen molar-refractivity contribution in [1.82, 2.24) is 14.9 Å². The van der Waals surface area contributed by atoms with Crippen LogP contribution in [-0.2, 0) is 29.2 Å². The average Bonchev–Trinajstić information content (AvgIpc) is 3.12. The van der Waals surface area contributed by atoms with E-state index >= 15 is 0 Å². The Bertz CT molecular complexity index is 1450. The molecule has 2 aromatic heterocycles. The number of pyridine rings is 1. The maximum Gasteiger partial charge on any atom is 0.404 e. The highest BCUT2D eigenvalue weighted by Crippen LogP contribution is 2.43. The van der Waals surface area contributed by atoms with Gasteiger partial charge in [0.05, 0.1) is 5.75 Å². The number of amides is 1. The molecular formula is C24H28N4O5S. The zero-order valence-electron chi connectivity index (χ0n) is 19.2. The first-order chi connectivity index (χ1) is 16.1. The van der Waals surface area contributed by atoms with Gasteiger partial charge in [-0.2, -0.15) is 0 Å².